The molecule has 0 heterocycles. The van der Waals surface area contributed by atoms with Crippen LogP contribution in [0.15, 0.2) is 0 Å². The maximum absolute atomic E-state index is 3.72. The molecule has 0 N–H and O–H groups in total. The van der Waals surface area contributed by atoms with Gasteiger partial charge in [0.1, 0.15) is 0 Å². The van der Waals surface area contributed by atoms with Crippen LogP contribution in [0.2, 0.25) is 0 Å². The summed E-state index contributed by atoms with van der Waals surface area (Å²) in [5.74, 6) is 0. The fourth-order valence-corrected chi connectivity index (χ4v) is 0. The maximum Gasteiger partial charge on any atom is 0 e. The van der Waals surface area contributed by atoms with Crippen molar-refractivity contribution in [3.05, 3.63) is 0 Å². The molecule has 0 radical (unpaired) electrons. The van der Waals surface area contributed by atoms with Crippen LogP contribution in [-0.4, -0.2) is 0 Å². The van der Waals surface area contributed by atoms with Gasteiger partial charge in [-0.1, -0.05) is 23.3 Å². The molecule has 0 bridgehead atoms. The van der Waals surface area contributed by atoms with Gasteiger partial charge in [-0.3, -0.25) is 0 Å². The molecule has 0 unspecified atom stereocenters. The zero-order valence-corrected chi connectivity index (χ0v) is 8.03. The van der Waals surface area contributed by atoms with E-state index in [1.807, 2.05) is 0 Å². The molecule has 5 heteroatoms. The Morgan fingerprint density at radius 1 is 1.00 bits per heavy atom. The summed E-state index contributed by atoms with van der Waals surface area (Å²) >= 11 is 7.45. The molecule has 0 amide bonds. The minimum absolute atomic E-state index is 0. The van der Waals surface area contributed by atoms with E-state index in [-0.39, 0.29) is 19.8 Å². The van der Waals surface area contributed by atoms with Crippen molar-refractivity contribution in [3.8, 4) is 0 Å². The first kappa shape index (κ1) is 10.1. The largest absolute Gasteiger partial charge is 0.0989 e. The molecule has 0 aromatic rings. The molecule has 0 aliphatic rings. The quantitative estimate of drug-likeness (QED) is 0.561. The van der Waals surface area contributed by atoms with E-state index >= 15 is 0 Å². The van der Waals surface area contributed by atoms with Crippen LogP contribution in [0, 0.1) is 0 Å². The minimum atomic E-state index is 0. The first-order chi connectivity index (χ1) is 1.91. The fraction of sp³-hybridized carbons (Fsp3) is 0. The van der Waals surface area contributed by atoms with Crippen LogP contribution in [0.5, 0.6) is 0 Å². The fourth-order valence-electron chi connectivity index (χ4n) is 0. The summed E-state index contributed by atoms with van der Waals surface area (Å²) in [6, 6.07) is 0. The Labute approximate surface area is 62.3 Å². The van der Waals surface area contributed by atoms with Crippen molar-refractivity contribution >= 4 is 43.0 Å². The average Bonchev–Trinajstić information content (AvgIpc) is 1.37. The van der Waals surface area contributed by atoms with E-state index < -0.39 is 0 Å². The normalized spacial score (nSPS) is 6.00. The van der Waals surface area contributed by atoms with E-state index in [9.17, 15) is 0 Å². The Hall–Kier alpha value is 2.04. The molecule has 0 nitrogen and oxygen atoms in total. The predicted octanol–water partition coefficient (Wildman–Crippen LogP) is 2.05. The average molecular weight is 321 g/mol. The molecule has 34 valence electrons. The van der Waals surface area contributed by atoms with E-state index in [0.29, 0.717) is 0 Å². The van der Waals surface area contributed by atoms with E-state index in [2.05, 4.69) is 23.3 Å². The van der Waals surface area contributed by atoms with Gasteiger partial charge in [0.05, 0.1) is 0 Å². The Morgan fingerprint density at radius 3 is 1.20 bits per heavy atom. The molecule has 0 aromatic carbocycles. The monoisotopic (exact) mass is 322 g/mol. The summed E-state index contributed by atoms with van der Waals surface area (Å²) in [6.07, 6.45) is 0. The third-order valence-corrected chi connectivity index (χ3v) is 2.70. The Bertz CT molecular complexity index is 5.61. The van der Waals surface area contributed by atoms with Crippen molar-refractivity contribution < 1.29 is 19.8 Å². The van der Waals surface area contributed by atoms with Gasteiger partial charge in [0, 0.05) is 19.8 Å². The van der Waals surface area contributed by atoms with E-state index in [0.717, 1.165) is 0 Å². The van der Waals surface area contributed by atoms with Gasteiger partial charge in [-0.05, 0) is 19.7 Å². The molecule has 0 aliphatic heterocycles. The SMILES string of the molecule is SSSS.[Os]. The van der Waals surface area contributed by atoms with Gasteiger partial charge in [-0.2, -0.15) is 0 Å². The van der Waals surface area contributed by atoms with Gasteiger partial charge in [-0.15, -0.1) is 0 Å². The topological polar surface area (TPSA) is 0 Å². The maximum atomic E-state index is 3.72. The Morgan fingerprint density at radius 2 is 1.20 bits per heavy atom. The van der Waals surface area contributed by atoms with Gasteiger partial charge in [0.25, 0.3) is 0 Å². The molecular formula is H2OsS4. The zero-order chi connectivity index (χ0) is 3.41. The predicted molar refractivity (Wildman–Crippen MR) is 33.2 cm³/mol. The molecular weight excluding hydrogens is 318 g/mol. The van der Waals surface area contributed by atoms with Crippen LogP contribution >= 0.6 is 43.0 Å². The molecule has 5 heavy (non-hydrogen) atoms. The van der Waals surface area contributed by atoms with Crippen LogP contribution in [0.4, 0.5) is 0 Å². The third-order valence-electron chi connectivity index (χ3n) is 0.0333. The van der Waals surface area contributed by atoms with Crippen LogP contribution in [0.25, 0.3) is 0 Å². The standard InChI is InChI=1S/Os.H2S4/c;1-3-4-2/h;1-2H. The van der Waals surface area contributed by atoms with Crippen molar-refractivity contribution in [2.24, 2.45) is 0 Å². The number of hydrogen-bond acceptors (Lipinski definition) is 4. The minimum Gasteiger partial charge on any atom is -0.0989 e. The van der Waals surface area contributed by atoms with E-state index in [1.165, 1.54) is 19.7 Å². The Balaban J connectivity index is 0. The molecule has 0 aliphatic carbocycles. The summed E-state index contributed by atoms with van der Waals surface area (Å²) in [5, 5.41) is 0. The summed E-state index contributed by atoms with van der Waals surface area (Å²) in [7, 11) is 2.66. The molecule has 0 atom stereocenters. The molecule has 0 rings (SSSR count). The summed E-state index contributed by atoms with van der Waals surface area (Å²) in [5.41, 5.74) is 0. The molecule has 0 fully saturated rings. The van der Waals surface area contributed by atoms with E-state index in [4.69, 9.17) is 0 Å². The summed E-state index contributed by atoms with van der Waals surface area (Å²) in [6.45, 7) is 0. The van der Waals surface area contributed by atoms with Crippen molar-refractivity contribution in [1.82, 2.24) is 0 Å². The van der Waals surface area contributed by atoms with Crippen molar-refractivity contribution in [2.45, 2.75) is 0 Å². The number of hydrogen-bond donors (Lipinski definition) is 2. The second-order valence-electron chi connectivity index (χ2n) is 0.149. The first-order valence-electron chi connectivity index (χ1n) is 0.532. The van der Waals surface area contributed by atoms with Crippen LogP contribution in [0.3, 0.4) is 0 Å². The summed E-state index contributed by atoms with van der Waals surface area (Å²) in [4.78, 5) is 0. The van der Waals surface area contributed by atoms with Crippen LogP contribution in [-0.2, 0) is 19.8 Å². The molecule has 0 saturated heterocycles. The van der Waals surface area contributed by atoms with E-state index in [1.54, 1.807) is 0 Å². The molecule has 0 saturated carbocycles. The second-order valence-corrected chi connectivity index (χ2v) is 4.02. The van der Waals surface area contributed by atoms with Crippen LogP contribution in [0.1, 0.15) is 0 Å². The van der Waals surface area contributed by atoms with Crippen molar-refractivity contribution in [2.75, 3.05) is 0 Å². The van der Waals surface area contributed by atoms with Gasteiger partial charge < -0.3 is 0 Å². The van der Waals surface area contributed by atoms with Crippen molar-refractivity contribution in [1.29, 1.82) is 0 Å². The third kappa shape index (κ3) is 10.7. The Kier molecular flexibility index (Phi) is 19.0. The smallest absolute Gasteiger partial charge is 0 e. The number of thiol groups is 2. The first-order valence-corrected chi connectivity index (χ1v) is 4.79. The number of rotatable bonds is 1. The second kappa shape index (κ2) is 9.40. The molecule has 0 aromatic heterocycles. The van der Waals surface area contributed by atoms with Gasteiger partial charge in [-0.25, -0.2) is 0 Å². The molecule has 0 spiro atoms. The zero-order valence-electron chi connectivity index (χ0n) is 2.06. The summed E-state index contributed by atoms with van der Waals surface area (Å²) < 4.78 is 0. The van der Waals surface area contributed by atoms with Crippen molar-refractivity contribution in [3.63, 3.8) is 0 Å². The van der Waals surface area contributed by atoms with Crippen LogP contribution < -0.4 is 0 Å². The van der Waals surface area contributed by atoms with Gasteiger partial charge >= 0.3 is 0 Å². The van der Waals surface area contributed by atoms with Gasteiger partial charge in [0.2, 0.25) is 0 Å². The van der Waals surface area contributed by atoms with Gasteiger partial charge in [0.15, 0.2) is 0 Å².